The lowest BCUT2D eigenvalue weighted by molar-refractivity contribution is -0.132. The summed E-state index contributed by atoms with van der Waals surface area (Å²) in [6.45, 7) is 5.31. The molecule has 1 aromatic carbocycles. The molecule has 1 heterocycles. The fraction of sp³-hybridized carbons (Fsp3) is 0.500. The van der Waals surface area contributed by atoms with Crippen LogP contribution in [0, 0.1) is 12.3 Å². The number of hydrogen-bond donors (Lipinski definition) is 2. The average molecular weight is 289 g/mol. The second-order valence-corrected chi connectivity index (χ2v) is 6.09. The molecule has 0 spiro atoms. The number of nitrogens with two attached hydrogens (primary N) is 1. The molecule has 5 heteroatoms. The van der Waals surface area contributed by atoms with Crippen molar-refractivity contribution in [3.8, 4) is 0 Å². The molecule has 1 aromatic rings. The van der Waals surface area contributed by atoms with E-state index < -0.39 is 0 Å². The van der Waals surface area contributed by atoms with Gasteiger partial charge in [0, 0.05) is 18.5 Å². The molecule has 3 N–H and O–H groups in total. The lowest BCUT2D eigenvalue weighted by Crippen LogP contribution is -2.47. The predicted octanol–water partition coefficient (Wildman–Crippen LogP) is 1.91. The lowest BCUT2D eigenvalue weighted by Gasteiger charge is -2.38. The van der Waals surface area contributed by atoms with Crippen molar-refractivity contribution in [3.63, 3.8) is 0 Å². The number of piperidine rings is 1. The van der Waals surface area contributed by atoms with Crippen molar-refractivity contribution in [3.05, 3.63) is 35.4 Å². The van der Waals surface area contributed by atoms with Gasteiger partial charge in [-0.25, -0.2) is 0 Å². The van der Waals surface area contributed by atoms with Crippen LogP contribution in [0.5, 0.6) is 0 Å². The van der Waals surface area contributed by atoms with Crippen molar-refractivity contribution < 1.29 is 10.0 Å². The van der Waals surface area contributed by atoms with Crippen LogP contribution in [0.1, 0.15) is 30.9 Å². The lowest BCUT2D eigenvalue weighted by atomic mass is 9.79. The molecular formula is C16H23N3O2. The van der Waals surface area contributed by atoms with E-state index in [1.165, 1.54) is 5.56 Å². The molecule has 1 amide bonds. The molecule has 1 fully saturated rings. The number of amides is 1. The molecule has 21 heavy (non-hydrogen) atoms. The summed E-state index contributed by atoms with van der Waals surface area (Å²) in [5.74, 6) is 0.397. The summed E-state index contributed by atoms with van der Waals surface area (Å²) >= 11 is 0. The highest BCUT2D eigenvalue weighted by Crippen LogP contribution is 2.31. The third kappa shape index (κ3) is 3.54. The first-order valence-electron chi connectivity index (χ1n) is 7.26. The summed E-state index contributed by atoms with van der Waals surface area (Å²) in [6, 6.07) is 8.04. The normalized spacial score (nSPS) is 18.6. The first-order chi connectivity index (χ1) is 9.94. The van der Waals surface area contributed by atoms with Crippen molar-refractivity contribution in [2.24, 2.45) is 16.3 Å². The van der Waals surface area contributed by atoms with Crippen molar-refractivity contribution in [2.45, 2.75) is 33.1 Å². The second-order valence-electron chi connectivity index (χ2n) is 6.09. The van der Waals surface area contributed by atoms with Crippen molar-refractivity contribution in [1.29, 1.82) is 0 Å². The van der Waals surface area contributed by atoms with E-state index in [0.29, 0.717) is 19.5 Å². The maximum Gasteiger partial charge on any atom is 0.226 e. The first-order valence-corrected chi connectivity index (χ1v) is 7.26. The third-order valence-electron chi connectivity index (χ3n) is 4.42. The Morgan fingerprint density at radius 2 is 1.90 bits per heavy atom. The summed E-state index contributed by atoms with van der Waals surface area (Å²) in [5.41, 5.74) is 7.66. The molecule has 1 aliphatic rings. The van der Waals surface area contributed by atoms with Gasteiger partial charge in [0.05, 0.1) is 6.42 Å². The van der Waals surface area contributed by atoms with Crippen LogP contribution in [0.4, 0.5) is 0 Å². The number of amidine groups is 1. The van der Waals surface area contributed by atoms with Gasteiger partial charge in [0.1, 0.15) is 5.84 Å². The number of aryl methyl sites for hydroxylation is 1. The highest BCUT2D eigenvalue weighted by molar-refractivity contribution is 5.86. The Kier molecular flexibility index (Phi) is 4.50. The number of hydrogen-bond acceptors (Lipinski definition) is 3. The van der Waals surface area contributed by atoms with Crippen molar-refractivity contribution >= 4 is 11.7 Å². The minimum Gasteiger partial charge on any atom is -0.409 e. The fourth-order valence-corrected chi connectivity index (χ4v) is 2.62. The quantitative estimate of drug-likeness (QED) is 0.386. The molecule has 1 aliphatic heterocycles. The van der Waals surface area contributed by atoms with E-state index in [4.69, 9.17) is 10.9 Å². The molecule has 114 valence electrons. The van der Waals surface area contributed by atoms with E-state index in [9.17, 15) is 4.79 Å². The summed E-state index contributed by atoms with van der Waals surface area (Å²) in [5, 5.41) is 11.9. The number of benzene rings is 1. The van der Waals surface area contributed by atoms with Gasteiger partial charge in [0.25, 0.3) is 0 Å². The summed E-state index contributed by atoms with van der Waals surface area (Å²) in [4.78, 5) is 14.2. The van der Waals surface area contributed by atoms with Crippen LogP contribution in [-0.4, -0.2) is 34.9 Å². The fourth-order valence-electron chi connectivity index (χ4n) is 2.62. The molecule has 0 aromatic heterocycles. The Bertz CT molecular complexity index is 529. The first kappa shape index (κ1) is 15.4. The number of nitrogens with zero attached hydrogens (tertiary/aromatic N) is 2. The molecule has 0 unspecified atom stereocenters. The van der Waals surface area contributed by atoms with Crippen LogP contribution >= 0.6 is 0 Å². The Balaban J connectivity index is 1.93. The van der Waals surface area contributed by atoms with E-state index in [1.54, 1.807) is 0 Å². The Hall–Kier alpha value is -2.04. The highest BCUT2D eigenvalue weighted by Gasteiger charge is 2.35. The van der Waals surface area contributed by atoms with Gasteiger partial charge in [-0.1, -0.05) is 41.9 Å². The maximum atomic E-state index is 12.3. The monoisotopic (exact) mass is 289 g/mol. The molecule has 1 saturated heterocycles. The van der Waals surface area contributed by atoms with Crippen LogP contribution in [0.3, 0.4) is 0 Å². The summed E-state index contributed by atoms with van der Waals surface area (Å²) in [6.07, 6.45) is 1.88. The molecule has 0 bridgehead atoms. The van der Waals surface area contributed by atoms with Gasteiger partial charge in [-0.3, -0.25) is 4.79 Å². The second kappa shape index (κ2) is 6.16. The maximum absolute atomic E-state index is 12.3. The molecule has 0 saturated carbocycles. The number of oxime groups is 1. The van der Waals surface area contributed by atoms with Gasteiger partial charge in [0.2, 0.25) is 5.91 Å². The molecule has 5 nitrogen and oxygen atoms in total. The van der Waals surface area contributed by atoms with E-state index in [2.05, 4.69) is 5.16 Å². The van der Waals surface area contributed by atoms with Crippen LogP contribution in [-0.2, 0) is 11.2 Å². The van der Waals surface area contributed by atoms with Gasteiger partial charge in [-0.15, -0.1) is 0 Å². The largest absolute Gasteiger partial charge is 0.409 e. The SMILES string of the molecule is Cc1ccc(CC(=O)N2CCC(C)(/C(N)=N/O)CC2)cc1. The van der Waals surface area contributed by atoms with E-state index >= 15 is 0 Å². The Morgan fingerprint density at radius 1 is 1.33 bits per heavy atom. The molecular weight excluding hydrogens is 266 g/mol. The zero-order chi connectivity index (χ0) is 15.5. The molecule has 0 atom stereocenters. The predicted molar refractivity (Wildman–Crippen MR) is 82.2 cm³/mol. The summed E-state index contributed by atoms with van der Waals surface area (Å²) in [7, 11) is 0. The third-order valence-corrected chi connectivity index (χ3v) is 4.42. The molecule has 2 rings (SSSR count). The van der Waals surface area contributed by atoms with E-state index in [0.717, 1.165) is 18.4 Å². The van der Waals surface area contributed by atoms with Crippen molar-refractivity contribution in [1.82, 2.24) is 4.90 Å². The number of rotatable bonds is 3. The Labute approximate surface area is 125 Å². The molecule has 0 aliphatic carbocycles. The summed E-state index contributed by atoms with van der Waals surface area (Å²) < 4.78 is 0. The van der Waals surface area contributed by atoms with E-state index in [1.807, 2.05) is 43.0 Å². The van der Waals surface area contributed by atoms with E-state index in [-0.39, 0.29) is 17.2 Å². The number of carbonyl (C=O) groups is 1. The smallest absolute Gasteiger partial charge is 0.226 e. The Morgan fingerprint density at radius 3 is 2.43 bits per heavy atom. The van der Waals surface area contributed by atoms with Gasteiger partial charge in [-0.05, 0) is 25.3 Å². The van der Waals surface area contributed by atoms with Gasteiger partial charge < -0.3 is 15.8 Å². The molecule has 0 radical (unpaired) electrons. The van der Waals surface area contributed by atoms with Crippen LogP contribution in [0.15, 0.2) is 29.4 Å². The van der Waals surface area contributed by atoms with Crippen LogP contribution in [0.2, 0.25) is 0 Å². The standard InChI is InChI=1S/C16H23N3O2/c1-12-3-5-13(6-4-12)11-14(20)19-9-7-16(2,8-10-19)15(17)18-21/h3-6,21H,7-11H2,1-2H3,(H2,17,18). The zero-order valence-electron chi connectivity index (χ0n) is 12.7. The van der Waals surface area contributed by atoms with Gasteiger partial charge in [0.15, 0.2) is 0 Å². The van der Waals surface area contributed by atoms with Crippen LogP contribution < -0.4 is 5.73 Å². The minimum absolute atomic E-state index is 0.139. The average Bonchev–Trinajstić information content (AvgIpc) is 2.49. The highest BCUT2D eigenvalue weighted by atomic mass is 16.4. The number of carbonyl (C=O) groups excluding carboxylic acids is 1. The van der Waals surface area contributed by atoms with Gasteiger partial charge in [-0.2, -0.15) is 0 Å². The zero-order valence-corrected chi connectivity index (χ0v) is 12.7. The van der Waals surface area contributed by atoms with Gasteiger partial charge >= 0.3 is 0 Å². The van der Waals surface area contributed by atoms with Crippen molar-refractivity contribution in [2.75, 3.05) is 13.1 Å². The minimum atomic E-state index is -0.310. The van der Waals surface area contributed by atoms with Crippen LogP contribution in [0.25, 0.3) is 0 Å². The number of likely N-dealkylation sites (tertiary alicyclic amines) is 1. The topological polar surface area (TPSA) is 78.9 Å².